The molecule has 0 aliphatic carbocycles. The fourth-order valence-electron chi connectivity index (χ4n) is 3.06. The first-order chi connectivity index (χ1) is 11.8. The lowest BCUT2D eigenvalue weighted by Crippen LogP contribution is -2.46. The maximum absolute atomic E-state index is 12.4. The van der Waals surface area contributed by atoms with Gasteiger partial charge < -0.3 is 21.3 Å². The molecule has 7 heteroatoms. The smallest absolute Gasteiger partial charge is 0.317 e. The molecule has 1 atom stereocenters. The number of nitrogens with one attached hydrogen (secondary N) is 2. The number of aryl methyl sites for hydroxylation is 1. The molecular formula is C19H31ClN4O2. The van der Waals surface area contributed by atoms with Crippen LogP contribution in [0.2, 0.25) is 0 Å². The van der Waals surface area contributed by atoms with Crippen molar-refractivity contribution >= 4 is 35.7 Å². The van der Waals surface area contributed by atoms with Crippen LogP contribution >= 0.6 is 12.4 Å². The molecule has 0 spiro atoms. The SMILES string of the molecule is Cc1ccc(N)cc1NC(=O)CC1CCCN(C(=O)NCC(C)C)C1.Cl. The van der Waals surface area contributed by atoms with Crippen LogP contribution in [0.25, 0.3) is 0 Å². The van der Waals surface area contributed by atoms with E-state index in [0.29, 0.717) is 31.1 Å². The number of anilines is 2. The van der Waals surface area contributed by atoms with Crippen LogP contribution in [0.4, 0.5) is 16.2 Å². The standard InChI is InChI=1S/C19H30N4O2.ClH/c1-13(2)11-21-19(25)23-8-4-5-15(12-23)9-18(24)22-17-10-16(20)7-6-14(17)3;/h6-7,10,13,15H,4-5,8-9,11-12,20H2,1-3H3,(H,21,25)(H,22,24);1H. The van der Waals surface area contributed by atoms with Crippen LogP contribution in [0, 0.1) is 18.8 Å². The maximum atomic E-state index is 12.4. The molecule has 0 radical (unpaired) electrons. The molecule has 1 aliphatic rings. The van der Waals surface area contributed by atoms with Gasteiger partial charge in [-0.15, -0.1) is 12.4 Å². The summed E-state index contributed by atoms with van der Waals surface area (Å²) >= 11 is 0. The van der Waals surface area contributed by atoms with Crippen molar-refractivity contribution in [2.45, 2.75) is 40.0 Å². The Morgan fingerprint density at radius 3 is 2.77 bits per heavy atom. The molecular weight excluding hydrogens is 352 g/mol. The molecule has 1 aromatic rings. The monoisotopic (exact) mass is 382 g/mol. The Kier molecular flexibility index (Phi) is 8.72. The van der Waals surface area contributed by atoms with Crippen LogP contribution in [-0.4, -0.2) is 36.5 Å². The number of carbonyl (C=O) groups excluding carboxylic acids is 2. The zero-order valence-electron chi connectivity index (χ0n) is 15.9. The van der Waals surface area contributed by atoms with Crippen LogP contribution in [0.3, 0.4) is 0 Å². The number of carbonyl (C=O) groups is 2. The van der Waals surface area contributed by atoms with Gasteiger partial charge in [0.25, 0.3) is 0 Å². The number of likely N-dealkylation sites (tertiary alicyclic amines) is 1. The lowest BCUT2D eigenvalue weighted by molar-refractivity contribution is -0.117. The summed E-state index contributed by atoms with van der Waals surface area (Å²) in [5.74, 6) is 0.597. The largest absolute Gasteiger partial charge is 0.399 e. The second kappa shape index (κ2) is 10.3. The molecule has 1 fully saturated rings. The van der Waals surface area contributed by atoms with Crippen LogP contribution in [-0.2, 0) is 4.79 Å². The van der Waals surface area contributed by atoms with Gasteiger partial charge >= 0.3 is 6.03 Å². The zero-order chi connectivity index (χ0) is 18.4. The first-order valence-electron chi connectivity index (χ1n) is 9.04. The van der Waals surface area contributed by atoms with Crippen molar-refractivity contribution in [3.8, 4) is 0 Å². The second-order valence-electron chi connectivity index (χ2n) is 7.36. The third kappa shape index (κ3) is 6.75. The minimum Gasteiger partial charge on any atom is -0.399 e. The molecule has 3 amide bonds. The minimum atomic E-state index is -0.0249. The first kappa shape index (κ1) is 22.1. The zero-order valence-corrected chi connectivity index (χ0v) is 16.7. The third-order valence-corrected chi connectivity index (χ3v) is 4.48. The summed E-state index contributed by atoms with van der Waals surface area (Å²) in [6.45, 7) is 8.15. The van der Waals surface area contributed by atoms with E-state index in [9.17, 15) is 9.59 Å². The van der Waals surface area contributed by atoms with E-state index < -0.39 is 0 Å². The predicted molar refractivity (Wildman–Crippen MR) is 109 cm³/mol. The Bertz CT molecular complexity index is 622. The molecule has 1 unspecified atom stereocenters. The third-order valence-electron chi connectivity index (χ3n) is 4.48. The van der Waals surface area contributed by atoms with Crippen LogP contribution in [0.1, 0.15) is 38.7 Å². The highest BCUT2D eigenvalue weighted by atomic mass is 35.5. The van der Waals surface area contributed by atoms with Crippen molar-refractivity contribution in [2.75, 3.05) is 30.7 Å². The van der Waals surface area contributed by atoms with Gasteiger partial charge in [0, 0.05) is 37.4 Å². The number of hydrogen-bond acceptors (Lipinski definition) is 3. The highest BCUT2D eigenvalue weighted by Crippen LogP contribution is 2.22. The summed E-state index contributed by atoms with van der Waals surface area (Å²) in [6.07, 6.45) is 2.32. The summed E-state index contributed by atoms with van der Waals surface area (Å²) in [5, 5.41) is 5.90. The van der Waals surface area contributed by atoms with E-state index in [1.54, 1.807) is 6.07 Å². The molecule has 146 valence electrons. The van der Waals surface area contributed by atoms with Crippen molar-refractivity contribution in [3.63, 3.8) is 0 Å². The van der Waals surface area contributed by atoms with E-state index in [0.717, 1.165) is 30.6 Å². The number of halogens is 1. The molecule has 1 aliphatic heterocycles. The fraction of sp³-hybridized carbons (Fsp3) is 0.579. The van der Waals surface area contributed by atoms with Gasteiger partial charge in [-0.05, 0) is 49.3 Å². The average Bonchev–Trinajstić information content (AvgIpc) is 2.56. The van der Waals surface area contributed by atoms with Crippen molar-refractivity contribution in [3.05, 3.63) is 23.8 Å². The Balaban J connectivity index is 0.00000338. The number of benzene rings is 1. The van der Waals surface area contributed by atoms with Gasteiger partial charge in [-0.3, -0.25) is 4.79 Å². The number of hydrogen-bond donors (Lipinski definition) is 3. The average molecular weight is 383 g/mol. The number of nitrogens with two attached hydrogens (primary N) is 1. The molecule has 0 saturated carbocycles. The Morgan fingerprint density at radius 2 is 2.08 bits per heavy atom. The van der Waals surface area contributed by atoms with Gasteiger partial charge in [-0.1, -0.05) is 19.9 Å². The van der Waals surface area contributed by atoms with E-state index >= 15 is 0 Å². The van der Waals surface area contributed by atoms with Crippen molar-refractivity contribution < 1.29 is 9.59 Å². The number of amides is 3. The predicted octanol–water partition coefficient (Wildman–Crippen LogP) is 3.41. The molecule has 0 aromatic heterocycles. The lowest BCUT2D eigenvalue weighted by atomic mass is 9.94. The van der Waals surface area contributed by atoms with Gasteiger partial charge in [-0.25, -0.2) is 4.79 Å². The normalized spacial score (nSPS) is 16.8. The topological polar surface area (TPSA) is 87.5 Å². The minimum absolute atomic E-state index is 0. The summed E-state index contributed by atoms with van der Waals surface area (Å²) < 4.78 is 0. The van der Waals surface area contributed by atoms with E-state index in [-0.39, 0.29) is 30.3 Å². The number of urea groups is 1. The molecule has 4 N–H and O–H groups in total. The van der Waals surface area contributed by atoms with Crippen molar-refractivity contribution in [2.24, 2.45) is 11.8 Å². The summed E-state index contributed by atoms with van der Waals surface area (Å²) in [5.41, 5.74) is 8.16. The summed E-state index contributed by atoms with van der Waals surface area (Å²) in [7, 11) is 0. The number of piperidine rings is 1. The van der Waals surface area contributed by atoms with E-state index in [1.165, 1.54) is 0 Å². The van der Waals surface area contributed by atoms with Crippen LogP contribution in [0.5, 0.6) is 0 Å². The number of nitrogens with zero attached hydrogens (tertiary/aromatic N) is 1. The number of nitrogen functional groups attached to an aromatic ring is 1. The molecule has 1 saturated heterocycles. The lowest BCUT2D eigenvalue weighted by Gasteiger charge is -2.32. The number of rotatable bonds is 5. The molecule has 26 heavy (non-hydrogen) atoms. The van der Waals surface area contributed by atoms with Gasteiger partial charge in [0.1, 0.15) is 0 Å². The van der Waals surface area contributed by atoms with Gasteiger partial charge in [0.2, 0.25) is 5.91 Å². The van der Waals surface area contributed by atoms with Gasteiger partial charge in [-0.2, -0.15) is 0 Å². The summed E-state index contributed by atoms with van der Waals surface area (Å²) in [6, 6.07) is 5.47. The van der Waals surface area contributed by atoms with E-state index in [4.69, 9.17) is 5.73 Å². The summed E-state index contributed by atoms with van der Waals surface area (Å²) in [4.78, 5) is 26.4. The molecule has 1 heterocycles. The highest BCUT2D eigenvalue weighted by Gasteiger charge is 2.25. The van der Waals surface area contributed by atoms with Crippen LogP contribution in [0.15, 0.2) is 18.2 Å². The van der Waals surface area contributed by atoms with E-state index in [2.05, 4.69) is 24.5 Å². The molecule has 0 bridgehead atoms. The Morgan fingerprint density at radius 1 is 1.35 bits per heavy atom. The second-order valence-corrected chi connectivity index (χ2v) is 7.36. The molecule has 2 rings (SSSR count). The first-order valence-corrected chi connectivity index (χ1v) is 9.04. The fourth-order valence-corrected chi connectivity index (χ4v) is 3.06. The van der Waals surface area contributed by atoms with E-state index in [1.807, 2.05) is 24.0 Å². The van der Waals surface area contributed by atoms with Crippen LogP contribution < -0.4 is 16.4 Å². The van der Waals surface area contributed by atoms with Gasteiger partial charge in [0.05, 0.1) is 0 Å². The maximum Gasteiger partial charge on any atom is 0.317 e. The Labute approximate surface area is 162 Å². The Hall–Kier alpha value is -1.95. The van der Waals surface area contributed by atoms with Crippen molar-refractivity contribution in [1.82, 2.24) is 10.2 Å². The molecule has 6 nitrogen and oxygen atoms in total. The highest BCUT2D eigenvalue weighted by molar-refractivity contribution is 5.92. The molecule has 1 aromatic carbocycles. The van der Waals surface area contributed by atoms with Crippen molar-refractivity contribution in [1.29, 1.82) is 0 Å². The van der Waals surface area contributed by atoms with Gasteiger partial charge in [0.15, 0.2) is 0 Å². The quantitative estimate of drug-likeness (QED) is 0.682.